The van der Waals surface area contributed by atoms with Crippen molar-refractivity contribution in [3.8, 4) is 0 Å². The third-order valence-electron chi connectivity index (χ3n) is 3.13. The van der Waals surface area contributed by atoms with Crippen molar-refractivity contribution >= 4 is 5.91 Å². The maximum atomic E-state index is 11.7. The maximum Gasteiger partial charge on any atom is 0.234 e. The van der Waals surface area contributed by atoms with E-state index in [4.69, 9.17) is 4.74 Å². The molecule has 0 spiro atoms. The zero-order chi connectivity index (χ0) is 13.5. The molecule has 1 aromatic carbocycles. The molecular formula is C15H20N2O2. The van der Waals surface area contributed by atoms with Gasteiger partial charge in [-0.15, -0.1) is 6.58 Å². The minimum atomic E-state index is 0.0358. The van der Waals surface area contributed by atoms with Gasteiger partial charge in [0.05, 0.1) is 19.3 Å². The SMILES string of the molecule is C=CCNC(=O)CN1CCO[C@H](c2ccccc2)C1. The Morgan fingerprint density at radius 3 is 3.00 bits per heavy atom. The molecule has 102 valence electrons. The van der Waals surface area contributed by atoms with Gasteiger partial charge in [0.2, 0.25) is 5.91 Å². The van der Waals surface area contributed by atoms with Crippen LogP contribution in [-0.2, 0) is 9.53 Å². The molecule has 1 saturated heterocycles. The van der Waals surface area contributed by atoms with Crippen molar-refractivity contribution in [3.05, 3.63) is 48.6 Å². The van der Waals surface area contributed by atoms with Crippen LogP contribution in [0.3, 0.4) is 0 Å². The Balaban J connectivity index is 1.87. The fourth-order valence-electron chi connectivity index (χ4n) is 2.16. The van der Waals surface area contributed by atoms with Crippen LogP contribution in [-0.4, -0.2) is 43.6 Å². The monoisotopic (exact) mass is 260 g/mol. The summed E-state index contributed by atoms with van der Waals surface area (Å²) in [6.45, 7) is 6.73. The average molecular weight is 260 g/mol. The van der Waals surface area contributed by atoms with Crippen LogP contribution in [0.2, 0.25) is 0 Å². The van der Waals surface area contributed by atoms with Crippen molar-refractivity contribution in [2.24, 2.45) is 0 Å². The van der Waals surface area contributed by atoms with Crippen molar-refractivity contribution < 1.29 is 9.53 Å². The quantitative estimate of drug-likeness (QED) is 0.813. The van der Waals surface area contributed by atoms with Gasteiger partial charge < -0.3 is 10.1 Å². The zero-order valence-corrected chi connectivity index (χ0v) is 11.0. The summed E-state index contributed by atoms with van der Waals surface area (Å²) >= 11 is 0. The topological polar surface area (TPSA) is 41.6 Å². The lowest BCUT2D eigenvalue weighted by molar-refractivity contribution is -0.124. The van der Waals surface area contributed by atoms with Crippen LogP contribution < -0.4 is 5.32 Å². The van der Waals surface area contributed by atoms with Crippen LogP contribution >= 0.6 is 0 Å². The van der Waals surface area contributed by atoms with E-state index in [1.807, 2.05) is 18.2 Å². The van der Waals surface area contributed by atoms with Crippen molar-refractivity contribution in [2.75, 3.05) is 32.8 Å². The van der Waals surface area contributed by atoms with E-state index in [9.17, 15) is 4.79 Å². The van der Waals surface area contributed by atoms with Crippen molar-refractivity contribution in [1.82, 2.24) is 10.2 Å². The Bertz CT molecular complexity index is 419. The summed E-state index contributed by atoms with van der Waals surface area (Å²) < 4.78 is 5.77. The summed E-state index contributed by atoms with van der Waals surface area (Å²) in [5.74, 6) is 0.0358. The average Bonchev–Trinajstić information content (AvgIpc) is 2.46. The third-order valence-corrected chi connectivity index (χ3v) is 3.13. The molecule has 1 heterocycles. The molecular weight excluding hydrogens is 240 g/mol. The van der Waals surface area contributed by atoms with Gasteiger partial charge in [0, 0.05) is 19.6 Å². The number of carbonyl (C=O) groups is 1. The minimum absolute atomic E-state index is 0.0358. The molecule has 1 amide bonds. The first kappa shape index (κ1) is 13.8. The number of rotatable bonds is 5. The summed E-state index contributed by atoms with van der Waals surface area (Å²) in [5, 5.41) is 2.79. The second-order valence-corrected chi connectivity index (χ2v) is 4.60. The predicted octanol–water partition coefficient (Wildman–Crippen LogP) is 1.36. The lowest BCUT2D eigenvalue weighted by Gasteiger charge is -2.32. The summed E-state index contributed by atoms with van der Waals surface area (Å²) in [5.41, 5.74) is 1.17. The van der Waals surface area contributed by atoms with E-state index in [0.29, 0.717) is 19.7 Å². The Labute approximate surface area is 114 Å². The van der Waals surface area contributed by atoms with E-state index in [1.54, 1.807) is 6.08 Å². The minimum Gasteiger partial charge on any atom is -0.371 e. The first-order valence-electron chi connectivity index (χ1n) is 6.56. The fourth-order valence-corrected chi connectivity index (χ4v) is 2.16. The third kappa shape index (κ3) is 4.19. The summed E-state index contributed by atoms with van der Waals surface area (Å²) in [7, 11) is 0. The van der Waals surface area contributed by atoms with Crippen LogP contribution in [0, 0.1) is 0 Å². The Morgan fingerprint density at radius 2 is 2.26 bits per heavy atom. The highest BCUT2D eigenvalue weighted by molar-refractivity contribution is 5.78. The molecule has 4 nitrogen and oxygen atoms in total. The molecule has 0 bridgehead atoms. The summed E-state index contributed by atoms with van der Waals surface area (Å²) in [6, 6.07) is 10.1. The maximum absolute atomic E-state index is 11.7. The Kier molecular flexibility index (Phi) is 5.12. The van der Waals surface area contributed by atoms with E-state index in [-0.39, 0.29) is 12.0 Å². The molecule has 2 rings (SSSR count). The standard InChI is InChI=1S/C15H20N2O2/c1-2-8-16-15(18)12-17-9-10-19-14(11-17)13-6-4-3-5-7-13/h2-7,14H,1,8-12H2,(H,16,18)/t14-/m0/s1. The summed E-state index contributed by atoms with van der Waals surface area (Å²) in [6.07, 6.45) is 1.74. The van der Waals surface area contributed by atoms with E-state index in [2.05, 4.69) is 28.9 Å². The molecule has 1 aliphatic heterocycles. The van der Waals surface area contributed by atoms with Gasteiger partial charge in [0.15, 0.2) is 0 Å². The molecule has 1 atom stereocenters. The predicted molar refractivity (Wildman–Crippen MR) is 74.8 cm³/mol. The zero-order valence-electron chi connectivity index (χ0n) is 11.0. The molecule has 4 heteroatoms. The first-order chi connectivity index (χ1) is 9.29. The van der Waals surface area contributed by atoms with E-state index in [1.165, 1.54) is 5.56 Å². The van der Waals surface area contributed by atoms with Gasteiger partial charge >= 0.3 is 0 Å². The highest BCUT2D eigenvalue weighted by Gasteiger charge is 2.22. The molecule has 0 aliphatic carbocycles. The smallest absolute Gasteiger partial charge is 0.234 e. The fraction of sp³-hybridized carbons (Fsp3) is 0.400. The van der Waals surface area contributed by atoms with E-state index >= 15 is 0 Å². The van der Waals surface area contributed by atoms with Gasteiger partial charge in [0.25, 0.3) is 0 Å². The number of hydrogen-bond acceptors (Lipinski definition) is 3. The largest absolute Gasteiger partial charge is 0.371 e. The summed E-state index contributed by atoms with van der Waals surface area (Å²) in [4.78, 5) is 13.8. The molecule has 0 aromatic heterocycles. The van der Waals surface area contributed by atoms with Crippen LogP contribution in [0.1, 0.15) is 11.7 Å². The number of amides is 1. The Morgan fingerprint density at radius 1 is 1.47 bits per heavy atom. The van der Waals surface area contributed by atoms with Gasteiger partial charge in [-0.25, -0.2) is 0 Å². The lowest BCUT2D eigenvalue weighted by atomic mass is 10.1. The van der Waals surface area contributed by atoms with Crippen molar-refractivity contribution in [3.63, 3.8) is 0 Å². The van der Waals surface area contributed by atoms with Gasteiger partial charge in [-0.1, -0.05) is 36.4 Å². The lowest BCUT2D eigenvalue weighted by Crippen LogP contribution is -2.44. The number of nitrogens with one attached hydrogen (secondary N) is 1. The Hall–Kier alpha value is -1.65. The molecule has 0 unspecified atom stereocenters. The molecule has 1 aliphatic rings. The number of carbonyl (C=O) groups excluding carboxylic acids is 1. The highest BCUT2D eigenvalue weighted by atomic mass is 16.5. The van der Waals surface area contributed by atoms with Crippen molar-refractivity contribution in [1.29, 1.82) is 0 Å². The van der Waals surface area contributed by atoms with E-state index in [0.717, 1.165) is 13.1 Å². The molecule has 0 radical (unpaired) electrons. The number of morpholine rings is 1. The van der Waals surface area contributed by atoms with Crippen LogP contribution in [0.25, 0.3) is 0 Å². The van der Waals surface area contributed by atoms with Crippen molar-refractivity contribution in [2.45, 2.75) is 6.10 Å². The number of ether oxygens (including phenoxy) is 1. The number of nitrogens with zero attached hydrogens (tertiary/aromatic N) is 1. The van der Waals surface area contributed by atoms with Crippen LogP contribution in [0.4, 0.5) is 0 Å². The molecule has 1 aromatic rings. The molecule has 0 saturated carbocycles. The highest BCUT2D eigenvalue weighted by Crippen LogP contribution is 2.21. The second kappa shape index (κ2) is 7.07. The van der Waals surface area contributed by atoms with Gasteiger partial charge in [-0.05, 0) is 5.56 Å². The molecule has 1 N–H and O–H groups in total. The number of hydrogen-bond donors (Lipinski definition) is 1. The van der Waals surface area contributed by atoms with Crippen LogP contribution in [0.15, 0.2) is 43.0 Å². The van der Waals surface area contributed by atoms with Gasteiger partial charge in [0.1, 0.15) is 0 Å². The normalized spacial score (nSPS) is 19.9. The van der Waals surface area contributed by atoms with Crippen LogP contribution in [0.5, 0.6) is 0 Å². The molecule has 1 fully saturated rings. The first-order valence-corrected chi connectivity index (χ1v) is 6.56. The van der Waals surface area contributed by atoms with E-state index < -0.39 is 0 Å². The van der Waals surface area contributed by atoms with Gasteiger partial charge in [-0.2, -0.15) is 0 Å². The number of benzene rings is 1. The molecule has 19 heavy (non-hydrogen) atoms. The van der Waals surface area contributed by atoms with Gasteiger partial charge in [-0.3, -0.25) is 9.69 Å². The second-order valence-electron chi connectivity index (χ2n) is 4.60.